The number of carboxylic acids is 1. The Morgan fingerprint density at radius 3 is 2.28 bits per heavy atom. The quantitative estimate of drug-likeness (QED) is 0.0687. The number of amides is 4. The maximum Gasteiger partial charge on any atom is 0.326 e. The monoisotopic (exact) mass is 716 g/mol. The molecule has 0 spiro atoms. The summed E-state index contributed by atoms with van der Waals surface area (Å²) < 4.78 is -0.114. The Morgan fingerprint density at radius 1 is 1.09 bits per heavy atom. The van der Waals surface area contributed by atoms with Crippen molar-refractivity contribution in [1.82, 2.24) is 15.1 Å². The van der Waals surface area contributed by atoms with E-state index in [1.165, 1.54) is 95.3 Å². The van der Waals surface area contributed by atoms with Gasteiger partial charge >= 0.3 is 5.97 Å². The molecule has 3 atom stereocenters. The van der Waals surface area contributed by atoms with Crippen molar-refractivity contribution in [1.29, 1.82) is 5.26 Å². The number of unbranched alkanes of at least 4 members (excludes halogenated alkanes) is 9. The van der Waals surface area contributed by atoms with Gasteiger partial charge in [0.05, 0.1) is 11.3 Å². The van der Waals surface area contributed by atoms with Crippen LogP contribution in [0.4, 0.5) is 0 Å². The number of carbonyl (C=O) groups excluding carboxylic acids is 4. The fourth-order valence-corrected chi connectivity index (χ4v) is 8.78. The lowest BCUT2D eigenvalue weighted by Gasteiger charge is -2.21. The molecule has 0 bridgehead atoms. The lowest BCUT2D eigenvalue weighted by Crippen LogP contribution is -2.40. The number of carboxylic acid groups (broad SMARTS) is 1. The number of aliphatic carboxylic acids is 1. The second-order valence-electron chi connectivity index (χ2n) is 11.8. The standard InChI is InChI=1S/C32H52N4O6S4/c1-5-6-7-8-9-10-11-12-13-14-20-45-31(43)46-32(3,23-33)17-15-26(37)34-18-19-36-28(39)22-25(29(36)40)44-21-16-27(38)35(4)24(2)30(41)42/h24-25H,5-22H2,1-4H3,(H,34,37)(H,41,42)/t24-,25?,32?/m0/s1. The molecule has 1 fully saturated rings. The number of nitrogens with one attached hydrogen (secondary N) is 1. The molecule has 46 heavy (non-hydrogen) atoms. The van der Waals surface area contributed by atoms with E-state index in [9.17, 15) is 29.2 Å². The van der Waals surface area contributed by atoms with Gasteiger partial charge in [-0.25, -0.2) is 4.79 Å². The summed E-state index contributed by atoms with van der Waals surface area (Å²) in [4.78, 5) is 63.2. The van der Waals surface area contributed by atoms with Gasteiger partial charge in [0.25, 0.3) is 0 Å². The topological polar surface area (TPSA) is 148 Å². The summed E-state index contributed by atoms with van der Waals surface area (Å²) in [6, 6.07) is 1.34. The molecule has 1 aliphatic heterocycles. The summed E-state index contributed by atoms with van der Waals surface area (Å²) in [5, 5.41) is 20.9. The van der Waals surface area contributed by atoms with Crippen LogP contribution in [0.15, 0.2) is 0 Å². The maximum absolute atomic E-state index is 12.7. The number of nitrogens with zero attached hydrogens (tertiary/aromatic N) is 3. The van der Waals surface area contributed by atoms with Crippen molar-refractivity contribution >= 4 is 80.6 Å². The lowest BCUT2D eigenvalue weighted by molar-refractivity contribution is -0.148. The van der Waals surface area contributed by atoms with E-state index in [-0.39, 0.29) is 61.7 Å². The number of nitriles is 1. The number of rotatable bonds is 24. The summed E-state index contributed by atoms with van der Waals surface area (Å²) >= 11 is 9.64. The number of hydrogen-bond acceptors (Lipinski definition) is 10. The van der Waals surface area contributed by atoms with Crippen LogP contribution < -0.4 is 5.32 Å². The molecular formula is C32H52N4O6S4. The van der Waals surface area contributed by atoms with E-state index < -0.39 is 22.0 Å². The molecule has 1 aliphatic rings. The number of likely N-dealkylation sites (tertiary alicyclic amines) is 1. The molecule has 0 aromatic rings. The second-order valence-corrected chi connectivity index (χ2v) is 16.9. The number of carbonyl (C=O) groups is 5. The van der Waals surface area contributed by atoms with Crippen LogP contribution >= 0.6 is 47.5 Å². The zero-order chi connectivity index (χ0) is 34.5. The molecule has 1 saturated heterocycles. The van der Waals surface area contributed by atoms with Crippen molar-refractivity contribution in [3.8, 4) is 6.07 Å². The molecule has 1 rings (SSSR count). The minimum atomic E-state index is -1.10. The zero-order valence-electron chi connectivity index (χ0n) is 27.8. The first-order valence-electron chi connectivity index (χ1n) is 16.3. The van der Waals surface area contributed by atoms with Crippen LogP contribution in [0.1, 0.15) is 111 Å². The van der Waals surface area contributed by atoms with E-state index >= 15 is 0 Å². The van der Waals surface area contributed by atoms with Crippen LogP contribution in [0.2, 0.25) is 0 Å². The highest BCUT2D eigenvalue weighted by Crippen LogP contribution is 2.35. The zero-order valence-corrected chi connectivity index (χ0v) is 31.1. The first-order chi connectivity index (χ1) is 21.8. The lowest BCUT2D eigenvalue weighted by atomic mass is 10.1. The third-order valence-corrected chi connectivity index (χ3v) is 12.0. The van der Waals surface area contributed by atoms with Crippen LogP contribution in [-0.4, -0.2) is 95.7 Å². The molecule has 10 nitrogen and oxygen atoms in total. The van der Waals surface area contributed by atoms with Gasteiger partial charge < -0.3 is 15.3 Å². The summed E-state index contributed by atoms with van der Waals surface area (Å²) in [5.41, 5.74) is 0. The van der Waals surface area contributed by atoms with Crippen molar-refractivity contribution in [2.45, 2.75) is 127 Å². The summed E-state index contributed by atoms with van der Waals surface area (Å²) in [5.74, 6) is -1.21. The van der Waals surface area contributed by atoms with Gasteiger partial charge in [-0.05, 0) is 32.4 Å². The van der Waals surface area contributed by atoms with Crippen molar-refractivity contribution in [3.63, 3.8) is 0 Å². The molecule has 2 N–H and O–H groups in total. The van der Waals surface area contributed by atoms with Gasteiger partial charge in [0.15, 0.2) is 0 Å². The largest absolute Gasteiger partial charge is 0.480 e. The summed E-state index contributed by atoms with van der Waals surface area (Å²) in [6.45, 7) is 5.59. The predicted octanol–water partition coefficient (Wildman–Crippen LogP) is 6.02. The average Bonchev–Trinajstić information content (AvgIpc) is 3.29. The normalized spacial score (nSPS) is 16.5. The van der Waals surface area contributed by atoms with Gasteiger partial charge in [-0.1, -0.05) is 88.7 Å². The minimum absolute atomic E-state index is 0.0157. The van der Waals surface area contributed by atoms with Crippen molar-refractivity contribution in [2.75, 3.05) is 31.6 Å². The molecule has 0 aromatic heterocycles. The van der Waals surface area contributed by atoms with Gasteiger partial charge in [-0.3, -0.25) is 24.1 Å². The number of likely N-dealkylation sites (N-methyl/N-ethyl adjacent to an activating group) is 1. The molecule has 4 amide bonds. The Morgan fingerprint density at radius 2 is 1.70 bits per heavy atom. The Balaban J connectivity index is 2.27. The molecule has 2 unspecified atom stereocenters. The van der Waals surface area contributed by atoms with E-state index in [0.717, 1.165) is 22.0 Å². The van der Waals surface area contributed by atoms with Crippen molar-refractivity contribution in [2.24, 2.45) is 0 Å². The van der Waals surface area contributed by atoms with Gasteiger partial charge in [0.1, 0.15) is 14.3 Å². The number of hydrogen-bond donors (Lipinski definition) is 2. The smallest absolute Gasteiger partial charge is 0.326 e. The van der Waals surface area contributed by atoms with Gasteiger partial charge in [0, 0.05) is 45.2 Å². The van der Waals surface area contributed by atoms with E-state index in [1.54, 1.807) is 18.7 Å². The fraction of sp³-hybridized carbons (Fsp3) is 0.781. The van der Waals surface area contributed by atoms with Gasteiger partial charge in [0.2, 0.25) is 23.6 Å². The Kier molecular flexibility index (Phi) is 21.6. The SMILES string of the molecule is CCCCCCCCCCCCSC(=S)SC(C)(C#N)CCC(=O)NCCN1C(=O)CC(SCCC(=O)N(C)[C@@H](C)C(=O)O)C1=O. The highest BCUT2D eigenvalue weighted by Gasteiger charge is 2.38. The van der Waals surface area contributed by atoms with E-state index in [2.05, 4.69) is 18.3 Å². The number of thioether (sulfide) groups is 3. The van der Waals surface area contributed by atoms with Gasteiger partial charge in [-0.2, -0.15) is 5.26 Å². The minimum Gasteiger partial charge on any atom is -0.480 e. The van der Waals surface area contributed by atoms with Crippen LogP contribution in [0.3, 0.4) is 0 Å². The molecule has 260 valence electrons. The van der Waals surface area contributed by atoms with Crippen LogP contribution in [-0.2, 0) is 24.0 Å². The van der Waals surface area contributed by atoms with Crippen LogP contribution in [0.25, 0.3) is 0 Å². The van der Waals surface area contributed by atoms with E-state index in [1.807, 2.05) is 0 Å². The highest BCUT2D eigenvalue weighted by atomic mass is 32.2. The molecule has 0 saturated carbocycles. The third-order valence-electron chi connectivity index (χ3n) is 7.92. The van der Waals surface area contributed by atoms with Crippen LogP contribution in [0.5, 0.6) is 0 Å². The van der Waals surface area contributed by atoms with Crippen molar-refractivity contribution in [3.05, 3.63) is 0 Å². The molecular weight excluding hydrogens is 665 g/mol. The first kappa shape index (κ1) is 42.2. The molecule has 14 heteroatoms. The van der Waals surface area contributed by atoms with E-state index in [0.29, 0.717) is 9.95 Å². The molecule has 0 radical (unpaired) electrons. The third kappa shape index (κ3) is 16.8. The summed E-state index contributed by atoms with van der Waals surface area (Å²) in [6.07, 6.45) is 13.3. The maximum atomic E-state index is 12.7. The van der Waals surface area contributed by atoms with E-state index in [4.69, 9.17) is 17.3 Å². The predicted molar refractivity (Wildman–Crippen MR) is 193 cm³/mol. The Hall–Kier alpha value is -1.82. The van der Waals surface area contributed by atoms with Crippen molar-refractivity contribution < 1.29 is 29.1 Å². The Bertz CT molecular complexity index is 1070. The second kappa shape index (κ2) is 23.5. The molecule has 1 heterocycles. The number of thiocarbonyl (C=S) groups is 1. The summed E-state index contributed by atoms with van der Waals surface area (Å²) in [7, 11) is 1.42. The van der Waals surface area contributed by atoms with Gasteiger partial charge in [-0.15, -0.1) is 23.5 Å². The average molecular weight is 717 g/mol. The number of imide groups is 1. The highest BCUT2D eigenvalue weighted by molar-refractivity contribution is 8.47. The molecule has 0 aromatic carbocycles. The van der Waals surface area contributed by atoms with Crippen LogP contribution in [0, 0.1) is 11.3 Å². The molecule has 0 aliphatic carbocycles. The first-order valence-corrected chi connectivity index (χ1v) is 19.6. The Labute approximate surface area is 293 Å². The fourth-order valence-electron chi connectivity index (χ4n) is 4.70.